The van der Waals surface area contributed by atoms with Crippen LogP contribution in [0, 0.1) is 17.1 Å². The van der Waals surface area contributed by atoms with Crippen LogP contribution in [-0.4, -0.2) is 8.76 Å². The predicted octanol–water partition coefficient (Wildman–Crippen LogP) is 1.01. The highest BCUT2D eigenvalue weighted by atomic mass is 32.2. The second kappa shape index (κ2) is 4.81. The van der Waals surface area contributed by atoms with E-state index in [2.05, 4.69) is 4.18 Å². The van der Waals surface area contributed by atoms with Crippen molar-refractivity contribution < 1.29 is 17.3 Å². The second-order valence-electron chi connectivity index (χ2n) is 2.39. The fourth-order valence-electron chi connectivity index (χ4n) is 0.855. The molecule has 1 unspecified atom stereocenters. The van der Waals surface area contributed by atoms with E-state index in [1.165, 1.54) is 12.1 Å². The van der Waals surface area contributed by atoms with Crippen molar-refractivity contribution in [2.75, 3.05) is 0 Å². The SMILES string of the molecule is N#Cc1ccc(COS(=O)[O-])cc1F. The maximum Gasteiger partial charge on any atom is 0.141 e. The van der Waals surface area contributed by atoms with Crippen LogP contribution in [0.2, 0.25) is 0 Å². The van der Waals surface area contributed by atoms with Gasteiger partial charge in [-0.2, -0.15) is 5.26 Å². The van der Waals surface area contributed by atoms with Gasteiger partial charge in [-0.15, -0.1) is 0 Å². The van der Waals surface area contributed by atoms with Crippen LogP contribution < -0.4 is 0 Å². The first-order valence-corrected chi connectivity index (χ1v) is 4.54. The molecule has 0 aliphatic heterocycles. The molecule has 0 amide bonds. The van der Waals surface area contributed by atoms with Gasteiger partial charge >= 0.3 is 0 Å². The molecule has 1 atom stereocenters. The third-order valence-electron chi connectivity index (χ3n) is 1.48. The number of rotatable bonds is 3. The minimum Gasteiger partial charge on any atom is -0.750 e. The molecule has 0 aromatic heterocycles. The minimum absolute atomic E-state index is 0.0861. The fourth-order valence-corrected chi connectivity index (χ4v) is 1.09. The highest BCUT2D eigenvalue weighted by molar-refractivity contribution is 7.74. The van der Waals surface area contributed by atoms with E-state index in [4.69, 9.17) is 5.26 Å². The largest absolute Gasteiger partial charge is 0.750 e. The van der Waals surface area contributed by atoms with Gasteiger partial charge in [-0.05, 0) is 17.7 Å². The average molecular weight is 214 g/mol. The summed E-state index contributed by atoms with van der Waals surface area (Å²) in [6.45, 7) is -0.237. The molecule has 14 heavy (non-hydrogen) atoms. The van der Waals surface area contributed by atoms with Gasteiger partial charge in [-0.25, -0.2) is 8.60 Å². The predicted molar refractivity (Wildman–Crippen MR) is 44.8 cm³/mol. The highest BCUT2D eigenvalue weighted by Gasteiger charge is 2.02. The Balaban J connectivity index is 2.77. The molecule has 0 radical (unpaired) electrons. The lowest BCUT2D eigenvalue weighted by Gasteiger charge is -2.05. The van der Waals surface area contributed by atoms with Crippen molar-refractivity contribution in [3.63, 3.8) is 0 Å². The monoisotopic (exact) mass is 214 g/mol. The Labute approximate surface area is 82.4 Å². The smallest absolute Gasteiger partial charge is 0.141 e. The van der Waals surface area contributed by atoms with Gasteiger partial charge in [-0.1, -0.05) is 6.07 Å². The van der Waals surface area contributed by atoms with Crippen molar-refractivity contribution in [1.82, 2.24) is 0 Å². The van der Waals surface area contributed by atoms with Gasteiger partial charge in [0, 0.05) is 0 Å². The van der Waals surface area contributed by atoms with Crippen LogP contribution >= 0.6 is 0 Å². The molecule has 1 aromatic rings. The zero-order valence-electron chi connectivity index (χ0n) is 6.90. The van der Waals surface area contributed by atoms with E-state index in [0.29, 0.717) is 5.56 Å². The summed E-state index contributed by atoms with van der Waals surface area (Å²) in [5.41, 5.74) is 0.266. The van der Waals surface area contributed by atoms with Gasteiger partial charge in [0.25, 0.3) is 0 Å². The van der Waals surface area contributed by atoms with E-state index in [9.17, 15) is 13.2 Å². The maximum atomic E-state index is 12.9. The molecule has 0 aliphatic rings. The number of nitriles is 1. The topological polar surface area (TPSA) is 73.1 Å². The molecule has 74 valence electrons. The Bertz CT molecular complexity index is 402. The van der Waals surface area contributed by atoms with Gasteiger partial charge in [0.2, 0.25) is 0 Å². The van der Waals surface area contributed by atoms with Crippen molar-refractivity contribution in [3.8, 4) is 6.07 Å². The normalized spacial score (nSPS) is 12.1. The molecule has 4 nitrogen and oxygen atoms in total. The molecule has 6 heteroatoms. The quantitative estimate of drug-likeness (QED) is 0.704. The molecular formula is C8H5FNO3S-. The molecule has 1 rings (SSSR count). The summed E-state index contributed by atoms with van der Waals surface area (Å²) in [6, 6.07) is 5.40. The van der Waals surface area contributed by atoms with Crippen LogP contribution in [0.4, 0.5) is 4.39 Å². The molecule has 0 saturated carbocycles. The Kier molecular flexibility index (Phi) is 3.71. The summed E-state index contributed by atoms with van der Waals surface area (Å²) in [5, 5.41) is 8.41. The molecule has 0 saturated heterocycles. The van der Waals surface area contributed by atoms with E-state index in [1.807, 2.05) is 0 Å². The Morgan fingerprint density at radius 3 is 2.86 bits per heavy atom. The lowest BCUT2D eigenvalue weighted by Crippen LogP contribution is -1.97. The summed E-state index contributed by atoms with van der Waals surface area (Å²) in [4.78, 5) is 0. The number of halogens is 1. The summed E-state index contributed by atoms with van der Waals surface area (Å²) < 4.78 is 37.2. The van der Waals surface area contributed by atoms with Crippen molar-refractivity contribution in [2.24, 2.45) is 0 Å². The zero-order chi connectivity index (χ0) is 10.6. The molecule has 1 aromatic carbocycles. The Morgan fingerprint density at radius 2 is 2.36 bits per heavy atom. The van der Waals surface area contributed by atoms with Crippen LogP contribution in [-0.2, 0) is 22.2 Å². The van der Waals surface area contributed by atoms with Crippen LogP contribution in [0.3, 0.4) is 0 Å². The maximum absolute atomic E-state index is 12.9. The third-order valence-corrected chi connectivity index (χ3v) is 1.79. The van der Waals surface area contributed by atoms with E-state index in [0.717, 1.165) is 6.07 Å². The molecule has 0 bridgehead atoms. The first kappa shape index (κ1) is 10.8. The van der Waals surface area contributed by atoms with E-state index in [1.54, 1.807) is 6.07 Å². The second-order valence-corrected chi connectivity index (χ2v) is 3.04. The van der Waals surface area contributed by atoms with Crippen molar-refractivity contribution in [1.29, 1.82) is 5.26 Å². The number of hydrogen-bond donors (Lipinski definition) is 0. The van der Waals surface area contributed by atoms with Crippen molar-refractivity contribution in [3.05, 3.63) is 35.1 Å². The number of benzene rings is 1. The van der Waals surface area contributed by atoms with Gasteiger partial charge in [-0.3, -0.25) is 4.18 Å². The Morgan fingerprint density at radius 1 is 1.64 bits per heavy atom. The summed E-state index contributed by atoms with van der Waals surface area (Å²) in [5.74, 6) is -0.690. The van der Waals surface area contributed by atoms with Crippen molar-refractivity contribution in [2.45, 2.75) is 6.61 Å². The van der Waals surface area contributed by atoms with E-state index in [-0.39, 0.29) is 12.2 Å². The fraction of sp³-hybridized carbons (Fsp3) is 0.125. The summed E-state index contributed by atoms with van der Waals surface area (Å²) >= 11 is -2.62. The lowest BCUT2D eigenvalue weighted by molar-refractivity contribution is 0.290. The first-order chi connectivity index (χ1) is 6.63. The average Bonchev–Trinajstić information content (AvgIpc) is 2.15. The van der Waals surface area contributed by atoms with Gasteiger partial charge in [0.05, 0.1) is 23.5 Å². The van der Waals surface area contributed by atoms with Crippen LogP contribution in [0.25, 0.3) is 0 Å². The van der Waals surface area contributed by atoms with Gasteiger partial charge in [0.15, 0.2) is 0 Å². The van der Waals surface area contributed by atoms with E-state index >= 15 is 0 Å². The van der Waals surface area contributed by atoms with Crippen LogP contribution in [0.1, 0.15) is 11.1 Å². The molecule has 0 spiro atoms. The van der Waals surface area contributed by atoms with Gasteiger partial charge < -0.3 is 4.55 Å². The highest BCUT2D eigenvalue weighted by Crippen LogP contribution is 2.10. The minimum atomic E-state index is -2.62. The summed E-state index contributed by atoms with van der Waals surface area (Å²) in [7, 11) is 0. The van der Waals surface area contributed by atoms with Gasteiger partial charge in [0.1, 0.15) is 11.9 Å². The Hall–Kier alpha value is -1.29. The number of hydrogen-bond acceptors (Lipinski definition) is 4. The molecule has 0 N–H and O–H groups in total. The molecule has 0 heterocycles. The van der Waals surface area contributed by atoms with Crippen LogP contribution in [0.15, 0.2) is 18.2 Å². The molecule has 0 aliphatic carbocycles. The number of nitrogens with zero attached hydrogens (tertiary/aromatic N) is 1. The summed E-state index contributed by atoms with van der Waals surface area (Å²) in [6.07, 6.45) is 0. The zero-order valence-corrected chi connectivity index (χ0v) is 7.71. The third kappa shape index (κ3) is 2.88. The molecule has 0 fully saturated rings. The first-order valence-electron chi connectivity index (χ1n) is 3.54. The molecular weight excluding hydrogens is 209 g/mol. The van der Waals surface area contributed by atoms with Crippen molar-refractivity contribution >= 4 is 11.4 Å². The van der Waals surface area contributed by atoms with Crippen LogP contribution in [0.5, 0.6) is 0 Å². The lowest BCUT2D eigenvalue weighted by atomic mass is 10.1. The van der Waals surface area contributed by atoms with E-state index < -0.39 is 17.2 Å². The standard InChI is InChI=1S/C8H6FNO3S/c9-8-3-6(5-13-14(11)12)1-2-7(8)4-10/h1-3H,5H2,(H,11,12)/p-1.